The summed E-state index contributed by atoms with van der Waals surface area (Å²) in [5.74, 6) is 1.71. The molecule has 0 saturated carbocycles. The monoisotopic (exact) mass is 461 g/mol. The maximum absolute atomic E-state index is 13.6. The molecule has 0 unspecified atom stereocenters. The molecule has 0 amide bonds. The van der Waals surface area contributed by atoms with Crippen LogP contribution in [0.15, 0.2) is 65.6 Å². The predicted octanol–water partition coefficient (Wildman–Crippen LogP) is 5.07. The Hall–Kier alpha value is -2.90. The van der Waals surface area contributed by atoms with E-state index >= 15 is 0 Å². The third-order valence-electron chi connectivity index (χ3n) is 4.87. The van der Waals surface area contributed by atoms with E-state index in [-0.39, 0.29) is 11.4 Å². The zero-order chi connectivity index (χ0) is 22.6. The molecule has 0 fully saturated rings. The minimum Gasteiger partial charge on any atom is -0.497 e. The van der Waals surface area contributed by atoms with Crippen LogP contribution in [0.3, 0.4) is 0 Å². The normalized spacial score (nSPS) is 11.1. The number of halogens is 1. The van der Waals surface area contributed by atoms with Gasteiger partial charge in [0.2, 0.25) is 0 Å². The SMILES string of the molecule is COc1ccc(N(Cc2ccc(OC)c(OC)c2)S(=O)(=O)c2ccc(C)c(Cl)c2)cc1. The molecule has 0 aliphatic rings. The first-order valence-electron chi connectivity index (χ1n) is 9.44. The third kappa shape index (κ3) is 4.89. The quantitative estimate of drug-likeness (QED) is 0.468. The van der Waals surface area contributed by atoms with Crippen molar-refractivity contribution in [2.75, 3.05) is 25.6 Å². The van der Waals surface area contributed by atoms with Crippen LogP contribution < -0.4 is 18.5 Å². The van der Waals surface area contributed by atoms with Crippen molar-refractivity contribution in [3.8, 4) is 17.2 Å². The summed E-state index contributed by atoms with van der Waals surface area (Å²) in [4.78, 5) is 0.111. The summed E-state index contributed by atoms with van der Waals surface area (Å²) in [6, 6.07) is 16.9. The average molecular weight is 462 g/mol. The molecule has 0 atom stereocenters. The van der Waals surface area contributed by atoms with Gasteiger partial charge in [-0.25, -0.2) is 8.42 Å². The van der Waals surface area contributed by atoms with Crippen LogP contribution in [0.5, 0.6) is 17.2 Å². The molecule has 3 aromatic rings. The Morgan fingerprint density at radius 3 is 2.10 bits per heavy atom. The highest BCUT2D eigenvalue weighted by Crippen LogP contribution is 2.32. The fraction of sp³-hybridized carbons (Fsp3) is 0.217. The lowest BCUT2D eigenvalue weighted by Crippen LogP contribution is -2.30. The number of methoxy groups -OCH3 is 3. The molecular weight excluding hydrogens is 438 g/mol. The van der Waals surface area contributed by atoms with Gasteiger partial charge in [0.05, 0.1) is 38.5 Å². The highest BCUT2D eigenvalue weighted by Gasteiger charge is 2.26. The van der Waals surface area contributed by atoms with Crippen LogP contribution in [0.2, 0.25) is 5.02 Å². The van der Waals surface area contributed by atoms with Gasteiger partial charge in [0.1, 0.15) is 5.75 Å². The van der Waals surface area contributed by atoms with Crippen molar-refractivity contribution in [2.24, 2.45) is 0 Å². The second-order valence-electron chi connectivity index (χ2n) is 6.81. The Morgan fingerprint density at radius 2 is 1.52 bits per heavy atom. The Balaban J connectivity index is 2.09. The summed E-state index contributed by atoms with van der Waals surface area (Å²) in [7, 11) is 0.731. The molecule has 6 nitrogen and oxygen atoms in total. The summed E-state index contributed by atoms with van der Waals surface area (Å²) < 4.78 is 44.4. The highest BCUT2D eigenvalue weighted by atomic mass is 35.5. The van der Waals surface area contributed by atoms with Gasteiger partial charge >= 0.3 is 0 Å². The molecule has 3 rings (SSSR count). The molecule has 8 heteroatoms. The van der Waals surface area contributed by atoms with E-state index in [2.05, 4.69) is 0 Å². The number of hydrogen-bond acceptors (Lipinski definition) is 5. The number of nitrogens with zero attached hydrogens (tertiary/aromatic N) is 1. The molecular formula is C23H24ClNO5S. The van der Waals surface area contributed by atoms with Gasteiger partial charge in [-0.05, 0) is 66.6 Å². The van der Waals surface area contributed by atoms with Gasteiger partial charge < -0.3 is 14.2 Å². The van der Waals surface area contributed by atoms with E-state index in [0.717, 1.165) is 11.1 Å². The van der Waals surface area contributed by atoms with E-state index in [1.165, 1.54) is 17.5 Å². The first kappa shape index (κ1) is 22.8. The van der Waals surface area contributed by atoms with E-state index < -0.39 is 10.0 Å². The summed E-state index contributed by atoms with van der Waals surface area (Å²) in [5.41, 5.74) is 2.03. The minimum absolute atomic E-state index is 0.0838. The van der Waals surface area contributed by atoms with E-state index in [1.54, 1.807) is 68.8 Å². The number of ether oxygens (including phenoxy) is 3. The van der Waals surface area contributed by atoms with Gasteiger partial charge in [0.25, 0.3) is 10.0 Å². The molecule has 0 saturated heterocycles. The van der Waals surface area contributed by atoms with Gasteiger partial charge in [-0.15, -0.1) is 0 Å². The Bertz CT molecular complexity index is 1160. The molecule has 31 heavy (non-hydrogen) atoms. The summed E-state index contributed by atoms with van der Waals surface area (Å²) in [6.45, 7) is 1.91. The van der Waals surface area contributed by atoms with Crippen molar-refractivity contribution >= 4 is 27.3 Å². The fourth-order valence-electron chi connectivity index (χ4n) is 3.07. The van der Waals surface area contributed by atoms with E-state index in [9.17, 15) is 8.42 Å². The number of anilines is 1. The van der Waals surface area contributed by atoms with Crippen LogP contribution >= 0.6 is 11.6 Å². The maximum atomic E-state index is 13.6. The Morgan fingerprint density at radius 1 is 0.839 bits per heavy atom. The van der Waals surface area contributed by atoms with Crippen LogP contribution in [0.1, 0.15) is 11.1 Å². The van der Waals surface area contributed by atoms with Crippen molar-refractivity contribution in [2.45, 2.75) is 18.4 Å². The predicted molar refractivity (Wildman–Crippen MR) is 122 cm³/mol. The van der Waals surface area contributed by atoms with E-state index in [0.29, 0.717) is 28.0 Å². The lowest BCUT2D eigenvalue weighted by atomic mass is 10.2. The number of rotatable bonds is 8. The molecule has 0 radical (unpaired) electrons. The minimum atomic E-state index is -3.91. The van der Waals surface area contributed by atoms with Crippen LogP contribution in [0.4, 0.5) is 5.69 Å². The second-order valence-corrected chi connectivity index (χ2v) is 9.08. The Kier molecular flexibility index (Phi) is 6.97. The topological polar surface area (TPSA) is 65.1 Å². The molecule has 0 bridgehead atoms. The number of benzene rings is 3. The molecule has 0 spiro atoms. The molecule has 0 heterocycles. The van der Waals surface area contributed by atoms with E-state index in [4.69, 9.17) is 25.8 Å². The molecule has 0 aromatic heterocycles. The van der Waals surface area contributed by atoms with Gasteiger partial charge in [-0.2, -0.15) is 0 Å². The van der Waals surface area contributed by atoms with Crippen molar-refractivity contribution in [1.29, 1.82) is 0 Å². The lowest BCUT2D eigenvalue weighted by Gasteiger charge is -2.25. The van der Waals surface area contributed by atoms with Crippen molar-refractivity contribution in [1.82, 2.24) is 0 Å². The van der Waals surface area contributed by atoms with Crippen molar-refractivity contribution < 1.29 is 22.6 Å². The van der Waals surface area contributed by atoms with Crippen LogP contribution in [-0.2, 0) is 16.6 Å². The zero-order valence-electron chi connectivity index (χ0n) is 17.8. The van der Waals surface area contributed by atoms with Gasteiger partial charge in [0, 0.05) is 5.02 Å². The second kappa shape index (κ2) is 9.49. The van der Waals surface area contributed by atoms with Crippen LogP contribution in [-0.4, -0.2) is 29.7 Å². The molecule has 0 N–H and O–H groups in total. The van der Waals surface area contributed by atoms with Crippen LogP contribution in [0, 0.1) is 6.92 Å². The first-order chi connectivity index (χ1) is 14.8. The highest BCUT2D eigenvalue weighted by molar-refractivity contribution is 7.92. The van der Waals surface area contributed by atoms with Crippen molar-refractivity contribution in [3.63, 3.8) is 0 Å². The van der Waals surface area contributed by atoms with E-state index in [1.807, 2.05) is 6.92 Å². The molecule has 0 aliphatic heterocycles. The largest absolute Gasteiger partial charge is 0.497 e. The lowest BCUT2D eigenvalue weighted by molar-refractivity contribution is 0.354. The maximum Gasteiger partial charge on any atom is 0.264 e. The average Bonchev–Trinajstić information content (AvgIpc) is 2.79. The summed E-state index contributed by atoms with van der Waals surface area (Å²) in [6.07, 6.45) is 0. The summed E-state index contributed by atoms with van der Waals surface area (Å²) >= 11 is 6.21. The fourth-order valence-corrected chi connectivity index (χ4v) is 4.79. The zero-order valence-corrected chi connectivity index (χ0v) is 19.3. The Labute approximate surface area is 188 Å². The smallest absolute Gasteiger partial charge is 0.264 e. The number of aryl methyl sites for hydroxylation is 1. The number of sulfonamides is 1. The molecule has 0 aliphatic carbocycles. The van der Waals surface area contributed by atoms with Gasteiger partial charge in [-0.3, -0.25) is 4.31 Å². The van der Waals surface area contributed by atoms with Gasteiger partial charge in [0.15, 0.2) is 11.5 Å². The van der Waals surface area contributed by atoms with Crippen molar-refractivity contribution in [3.05, 3.63) is 76.8 Å². The first-order valence-corrected chi connectivity index (χ1v) is 11.3. The summed E-state index contributed by atoms with van der Waals surface area (Å²) in [5, 5.41) is 0.391. The standard InChI is InChI=1S/C23H24ClNO5S/c1-16-5-11-20(14-21(16)24)31(26,27)25(18-7-9-19(28-2)10-8-18)15-17-6-12-22(29-3)23(13-17)30-4/h5-14H,15H2,1-4H3. The molecule has 164 valence electrons. The third-order valence-corrected chi connectivity index (χ3v) is 7.04. The molecule has 3 aromatic carbocycles. The number of hydrogen-bond donors (Lipinski definition) is 0. The van der Waals surface area contributed by atoms with Crippen LogP contribution in [0.25, 0.3) is 0 Å². The van der Waals surface area contributed by atoms with Gasteiger partial charge in [-0.1, -0.05) is 23.7 Å².